The third-order valence-electron chi connectivity index (χ3n) is 3.95. The molecule has 116 valence electrons. The second-order valence-electron chi connectivity index (χ2n) is 5.24. The topological polar surface area (TPSA) is 59.5 Å². The van der Waals surface area contributed by atoms with Gasteiger partial charge in [-0.05, 0) is 42.7 Å². The van der Waals surface area contributed by atoms with Gasteiger partial charge in [-0.3, -0.25) is 4.98 Å². The SMILES string of the molecule is COc1ccc([C@@H]2CCCN2S(=O)(=O)c2cccnc2)cc1. The molecule has 0 radical (unpaired) electrons. The van der Waals surface area contributed by atoms with Gasteiger partial charge in [0.05, 0.1) is 13.2 Å². The van der Waals surface area contributed by atoms with E-state index < -0.39 is 10.0 Å². The van der Waals surface area contributed by atoms with Gasteiger partial charge in [0.1, 0.15) is 10.6 Å². The minimum atomic E-state index is -3.51. The fraction of sp³-hybridized carbons (Fsp3) is 0.312. The lowest BCUT2D eigenvalue weighted by atomic mass is 10.1. The molecule has 0 unspecified atom stereocenters. The molecule has 3 rings (SSSR count). The number of methoxy groups -OCH3 is 1. The smallest absolute Gasteiger partial charge is 0.245 e. The first-order chi connectivity index (χ1) is 10.6. The van der Waals surface area contributed by atoms with E-state index in [0.29, 0.717) is 6.54 Å². The van der Waals surface area contributed by atoms with Gasteiger partial charge in [-0.2, -0.15) is 4.31 Å². The Morgan fingerprint density at radius 1 is 1.23 bits per heavy atom. The van der Waals surface area contributed by atoms with Crippen molar-refractivity contribution in [1.82, 2.24) is 9.29 Å². The second kappa shape index (κ2) is 6.06. The number of rotatable bonds is 4. The molecule has 1 atom stereocenters. The van der Waals surface area contributed by atoms with Crippen LogP contribution < -0.4 is 4.74 Å². The highest BCUT2D eigenvalue weighted by Gasteiger charge is 2.36. The Hall–Kier alpha value is -1.92. The molecular weight excluding hydrogens is 300 g/mol. The van der Waals surface area contributed by atoms with Crippen LogP contribution in [-0.4, -0.2) is 31.4 Å². The molecular formula is C16H18N2O3S. The third-order valence-corrected chi connectivity index (χ3v) is 5.84. The molecule has 2 aromatic rings. The first-order valence-corrected chi connectivity index (χ1v) is 8.63. The summed E-state index contributed by atoms with van der Waals surface area (Å²) < 4.78 is 32.3. The van der Waals surface area contributed by atoms with Crippen LogP contribution in [0.5, 0.6) is 5.75 Å². The molecule has 0 saturated carbocycles. The van der Waals surface area contributed by atoms with Crippen molar-refractivity contribution in [3.63, 3.8) is 0 Å². The number of benzene rings is 1. The monoisotopic (exact) mass is 318 g/mol. The molecule has 0 amide bonds. The predicted molar refractivity (Wildman–Crippen MR) is 83.1 cm³/mol. The summed E-state index contributed by atoms with van der Waals surface area (Å²) in [7, 11) is -1.90. The van der Waals surface area contributed by atoms with Crippen LogP contribution >= 0.6 is 0 Å². The summed E-state index contributed by atoms with van der Waals surface area (Å²) >= 11 is 0. The lowest BCUT2D eigenvalue weighted by Crippen LogP contribution is -2.30. The maximum atomic E-state index is 12.8. The Bertz CT molecular complexity index is 730. The van der Waals surface area contributed by atoms with Crippen LogP contribution in [0.15, 0.2) is 53.7 Å². The van der Waals surface area contributed by atoms with Gasteiger partial charge in [-0.25, -0.2) is 8.42 Å². The fourth-order valence-corrected chi connectivity index (χ4v) is 4.47. The number of aromatic nitrogens is 1. The second-order valence-corrected chi connectivity index (χ2v) is 7.13. The Balaban J connectivity index is 1.92. The van der Waals surface area contributed by atoms with E-state index in [4.69, 9.17) is 4.74 Å². The Labute approximate surface area is 130 Å². The zero-order chi connectivity index (χ0) is 15.6. The van der Waals surface area contributed by atoms with E-state index in [0.717, 1.165) is 24.2 Å². The van der Waals surface area contributed by atoms with Crippen molar-refractivity contribution in [2.45, 2.75) is 23.8 Å². The van der Waals surface area contributed by atoms with Gasteiger partial charge in [0.25, 0.3) is 0 Å². The van der Waals surface area contributed by atoms with Gasteiger partial charge in [-0.1, -0.05) is 12.1 Å². The molecule has 1 saturated heterocycles. The fourth-order valence-electron chi connectivity index (χ4n) is 2.82. The molecule has 1 aromatic heterocycles. The van der Waals surface area contributed by atoms with Crippen LogP contribution in [0.3, 0.4) is 0 Å². The van der Waals surface area contributed by atoms with E-state index in [-0.39, 0.29) is 10.9 Å². The van der Waals surface area contributed by atoms with Gasteiger partial charge in [-0.15, -0.1) is 0 Å². The maximum Gasteiger partial charge on any atom is 0.245 e. The minimum absolute atomic E-state index is 0.129. The van der Waals surface area contributed by atoms with E-state index in [2.05, 4.69) is 4.98 Å². The average molecular weight is 318 g/mol. The van der Waals surface area contributed by atoms with Crippen LogP contribution in [0.2, 0.25) is 0 Å². The normalized spacial score (nSPS) is 19.2. The van der Waals surface area contributed by atoms with E-state index in [1.165, 1.54) is 6.20 Å². The molecule has 22 heavy (non-hydrogen) atoms. The molecule has 0 aliphatic carbocycles. The van der Waals surface area contributed by atoms with Crippen molar-refractivity contribution in [3.8, 4) is 5.75 Å². The predicted octanol–water partition coefficient (Wildman–Crippen LogP) is 2.62. The summed E-state index contributed by atoms with van der Waals surface area (Å²) in [5.74, 6) is 0.767. The van der Waals surface area contributed by atoms with Gasteiger partial charge in [0.2, 0.25) is 10.0 Å². The van der Waals surface area contributed by atoms with Crippen LogP contribution in [0.1, 0.15) is 24.4 Å². The molecule has 0 bridgehead atoms. The zero-order valence-electron chi connectivity index (χ0n) is 12.3. The Morgan fingerprint density at radius 3 is 2.64 bits per heavy atom. The van der Waals surface area contributed by atoms with Crippen molar-refractivity contribution in [1.29, 1.82) is 0 Å². The average Bonchev–Trinajstić information content (AvgIpc) is 3.06. The highest BCUT2D eigenvalue weighted by molar-refractivity contribution is 7.89. The molecule has 5 nitrogen and oxygen atoms in total. The number of pyridine rings is 1. The number of nitrogens with zero attached hydrogens (tertiary/aromatic N) is 2. The standard InChI is InChI=1S/C16H18N2O3S/c1-21-14-8-6-13(7-9-14)16-5-3-11-18(16)22(19,20)15-4-2-10-17-12-15/h2,4,6-10,12,16H,3,5,11H2,1H3/t16-/m0/s1. The minimum Gasteiger partial charge on any atom is -0.497 e. The van der Waals surface area contributed by atoms with Gasteiger partial charge in [0, 0.05) is 18.9 Å². The maximum absolute atomic E-state index is 12.8. The summed E-state index contributed by atoms with van der Waals surface area (Å²) in [5, 5.41) is 0. The number of hydrogen-bond donors (Lipinski definition) is 0. The van der Waals surface area contributed by atoms with Crippen molar-refractivity contribution in [2.75, 3.05) is 13.7 Å². The zero-order valence-corrected chi connectivity index (χ0v) is 13.2. The third kappa shape index (κ3) is 2.71. The summed E-state index contributed by atoms with van der Waals surface area (Å²) in [5.41, 5.74) is 0.991. The molecule has 1 fully saturated rings. The van der Waals surface area contributed by atoms with Crippen molar-refractivity contribution < 1.29 is 13.2 Å². The van der Waals surface area contributed by atoms with Crippen molar-refractivity contribution >= 4 is 10.0 Å². The highest BCUT2D eigenvalue weighted by Crippen LogP contribution is 2.36. The molecule has 1 aliphatic rings. The lowest BCUT2D eigenvalue weighted by Gasteiger charge is -2.24. The molecule has 1 aromatic carbocycles. The van der Waals surface area contributed by atoms with Crippen LogP contribution in [0.4, 0.5) is 0 Å². The van der Waals surface area contributed by atoms with Gasteiger partial charge in [0.15, 0.2) is 0 Å². The first-order valence-electron chi connectivity index (χ1n) is 7.19. The number of sulfonamides is 1. The summed E-state index contributed by atoms with van der Waals surface area (Å²) in [4.78, 5) is 4.17. The first kappa shape index (κ1) is 15.0. The van der Waals surface area contributed by atoms with Crippen LogP contribution in [0.25, 0.3) is 0 Å². The molecule has 0 N–H and O–H groups in total. The van der Waals surface area contributed by atoms with Crippen LogP contribution in [0, 0.1) is 0 Å². The number of ether oxygens (including phenoxy) is 1. The quantitative estimate of drug-likeness (QED) is 0.869. The lowest BCUT2D eigenvalue weighted by molar-refractivity contribution is 0.394. The summed E-state index contributed by atoms with van der Waals surface area (Å²) in [6, 6.07) is 10.7. The Morgan fingerprint density at radius 2 is 2.00 bits per heavy atom. The largest absolute Gasteiger partial charge is 0.497 e. The van der Waals surface area contributed by atoms with Crippen LogP contribution in [-0.2, 0) is 10.0 Å². The van der Waals surface area contributed by atoms with E-state index in [1.807, 2.05) is 24.3 Å². The van der Waals surface area contributed by atoms with Crippen molar-refractivity contribution in [2.24, 2.45) is 0 Å². The van der Waals surface area contributed by atoms with Crippen molar-refractivity contribution in [3.05, 3.63) is 54.4 Å². The molecule has 6 heteroatoms. The van der Waals surface area contributed by atoms with Gasteiger partial charge < -0.3 is 4.74 Å². The summed E-state index contributed by atoms with van der Waals surface area (Å²) in [6.45, 7) is 0.536. The summed E-state index contributed by atoms with van der Waals surface area (Å²) in [6.07, 6.45) is 4.66. The number of hydrogen-bond acceptors (Lipinski definition) is 4. The molecule has 1 aliphatic heterocycles. The van der Waals surface area contributed by atoms with E-state index in [1.54, 1.807) is 29.7 Å². The van der Waals surface area contributed by atoms with Gasteiger partial charge >= 0.3 is 0 Å². The highest BCUT2D eigenvalue weighted by atomic mass is 32.2. The van der Waals surface area contributed by atoms with E-state index >= 15 is 0 Å². The van der Waals surface area contributed by atoms with E-state index in [9.17, 15) is 8.42 Å². The molecule has 0 spiro atoms. The molecule has 2 heterocycles. The Kier molecular flexibility index (Phi) is 4.13.